The Morgan fingerprint density at radius 1 is 1.11 bits per heavy atom. The third-order valence-electron chi connectivity index (χ3n) is 4.20. The van der Waals surface area contributed by atoms with E-state index in [2.05, 4.69) is 15.6 Å². The van der Waals surface area contributed by atoms with Crippen LogP contribution in [0.15, 0.2) is 64.5 Å². The van der Waals surface area contributed by atoms with E-state index in [1.807, 2.05) is 31.2 Å². The maximum Gasteiger partial charge on any atom is 0.191 e. The number of hydrogen-bond acceptors (Lipinski definition) is 4. The van der Waals surface area contributed by atoms with Crippen molar-refractivity contribution in [3.8, 4) is 5.75 Å². The van der Waals surface area contributed by atoms with Gasteiger partial charge in [-0.25, -0.2) is 8.42 Å². The van der Waals surface area contributed by atoms with Crippen LogP contribution in [0.5, 0.6) is 5.75 Å². The number of nitrogens with zero attached hydrogens (tertiary/aromatic N) is 1. The Balaban J connectivity index is 1.96. The van der Waals surface area contributed by atoms with Crippen LogP contribution in [-0.2, 0) is 16.4 Å². The molecular formula is C20H27N3O3S. The van der Waals surface area contributed by atoms with Crippen LogP contribution in [-0.4, -0.2) is 40.3 Å². The lowest BCUT2D eigenvalue weighted by Gasteiger charge is -2.20. The first-order chi connectivity index (χ1) is 13.0. The van der Waals surface area contributed by atoms with E-state index in [1.165, 1.54) is 0 Å². The molecule has 0 radical (unpaired) electrons. The number of benzene rings is 2. The van der Waals surface area contributed by atoms with Crippen LogP contribution in [0.1, 0.15) is 18.9 Å². The molecule has 2 N–H and O–H groups in total. The number of ether oxygens (including phenoxy) is 1. The predicted octanol–water partition coefficient (Wildman–Crippen LogP) is 2.61. The second-order valence-electron chi connectivity index (χ2n) is 6.12. The van der Waals surface area contributed by atoms with Gasteiger partial charge >= 0.3 is 0 Å². The molecule has 0 aliphatic heterocycles. The summed E-state index contributed by atoms with van der Waals surface area (Å²) in [4.78, 5) is 4.54. The van der Waals surface area contributed by atoms with Gasteiger partial charge in [0.2, 0.25) is 0 Å². The van der Waals surface area contributed by atoms with Gasteiger partial charge in [-0.1, -0.05) is 37.3 Å². The second-order valence-corrected chi connectivity index (χ2v) is 8.15. The minimum Gasteiger partial charge on any atom is -0.497 e. The normalized spacial score (nSPS) is 13.1. The van der Waals surface area contributed by atoms with Crippen LogP contribution < -0.4 is 15.4 Å². The number of methoxy groups -OCH3 is 1. The Hall–Kier alpha value is -2.54. The standard InChI is InChI=1S/C20H27N3O3S/c1-4-17(15-27(24,25)19-8-6-5-7-9-19)23-20(21-2)22-14-16-10-12-18(26-3)13-11-16/h5-13,17H,4,14-15H2,1-3H3,(H2,21,22,23). The Morgan fingerprint density at radius 2 is 1.78 bits per heavy atom. The first kappa shape index (κ1) is 20.8. The molecule has 2 aromatic rings. The van der Waals surface area contributed by atoms with Crippen LogP contribution in [0.2, 0.25) is 0 Å². The van der Waals surface area contributed by atoms with E-state index in [9.17, 15) is 8.42 Å². The van der Waals surface area contributed by atoms with Crippen molar-refractivity contribution < 1.29 is 13.2 Å². The van der Waals surface area contributed by atoms with Crippen molar-refractivity contribution in [3.05, 3.63) is 60.2 Å². The topological polar surface area (TPSA) is 79.8 Å². The second kappa shape index (κ2) is 9.97. The molecule has 27 heavy (non-hydrogen) atoms. The molecule has 146 valence electrons. The molecule has 0 heterocycles. The molecule has 0 aromatic heterocycles. The zero-order valence-electron chi connectivity index (χ0n) is 16.0. The van der Waals surface area contributed by atoms with Gasteiger partial charge in [0.25, 0.3) is 0 Å². The predicted molar refractivity (Wildman–Crippen MR) is 109 cm³/mol. The molecule has 2 aromatic carbocycles. The summed E-state index contributed by atoms with van der Waals surface area (Å²) in [6, 6.07) is 16.0. The van der Waals surface area contributed by atoms with E-state index in [-0.39, 0.29) is 11.8 Å². The highest BCUT2D eigenvalue weighted by Crippen LogP contribution is 2.13. The third-order valence-corrected chi connectivity index (χ3v) is 6.03. The van der Waals surface area contributed by atoms with Crippen LogP contribution in [0.3, 0.4) is 0 Å². The number of sulfone groups is 1. The summed E-state index contributed by atoms with van der Waals surface area (Å²) in [7, 11) is -0.0586. The maximum atomic E-state index is 12.6. The van der Waals surface area contributed by atoms with Crippen LogP contribution in [0.4, 0.5) is 0 Å². The highest BCUT2D eigenvalue weighted by atomic mass is 32.2. The summed E-state index contributed by atoms with van der Waals surface area (Å²) in [6.07, 6.45) is 0.662. The van der Waals surface area contributed by atoms with Gasteiger partial charge < -0.3 is 15.4 Å². The Morgan fingerprint density at radius 3 is 2.33 bits per heavy atom. The lowest BCUT2D eigenvalue weighted by molar-refractivity contribution is 0.414. The molecule has 0 fully saturated rings. The van der Waals surface area contributed by atoms with E-state index < -0.39 is 9.84 Å². The van der Waals surface area contributed by atoms with Gasteiger partial charge in [-0.15, -0.1) is 0 Å². The summed E-state index contributed by atoms with van der Waals surface area (Å²) in [5, 5.41) is 6.42. The minimum atomic E-state index is -3.36. The average Bonchev–Trinajstić information content (AvgIpc) is 2.71. The highest BCUT2D eigenvalue weighted by molar-refractivity contribution is 7.91. The molecule has 2 rings (SSSR count). The molecular weight excluding hydrogens is 362 g/mol. The molecule has 0 aliphatic carbocycles. The fraction of sp³-hybridized carbons (Fsp3) is 0.350. The molecule has 6 nitrogen and oxygen atoms in total. The van der Waals surface area contributed by atoms with Gasteiger partial charge in [0.15, 0.2) is 15.8 Å². The zero-order valence-corrected chi connectivity index (χ0v) is 16.8. The van der Waals surface area contributed by atoms with Gasteiger partial charge in [-0.05, 0) is 36.2 Å². The molecule has 0 spiro atoms. The lowest BCUT2D eigenvalue weighted by Crippen LogP contribution is -2.45. The van der Waals surface area contributed by atoms with Gasteiger partial charge in [0.05, 0.1) is 17.8 Å². The fourth-order valence-corrected chi connectivity index (χ4v) is 4.18. The van der Waals surface area contributed by atoms with Gasteiger partial charge in [-0.2, -0.15) is 0 Å². The molecule has 0 saturated heterocycles. The van der Waals surface area contributed by atoms with Gasteiger partial charge in [0.1, 0.15) is 5.75 Å². The van der Waals surface area contributed by atoms with E-state index >= 15 is 0 Å². The monoisotopic (exact) mass is 389 g/mol. The minimum absolute atomic E-state index is 0.0107. The van der Waals surface area contributed by atoms with Crippen LogP contribution in [0, 0.1) is 0 Å². The molecule has 0 saturated carbocycles. The van der Waals surface area contributed by atoms with E-state index in [1.54, 1.807) is 44.5 Å². The van der Waals surface area contributed by atoms with Crippen molar-refractivity contribution >= 4 is 15.8 Å². The quantitative estimate of drug-likeness (QED) is 0.536. The molecule has 0 aliphatic rings. The zero-order chi connectivity index (χ0) is 19.7. The Bertz CT molecular complexity index is 835. The molecule has 0 bridgehead atoms. The Kier molecular flexibility index (Phi) is 7.67. The molecule has 1 atom stereocenters. The smallest absolute Gasteiger partial charge is 0.191 e. The number of guanidine groups is 1. The Labute approximate surface area is 161 Å². The summed E-state index contributed by atoms with van der Waals surface area (Å²) in [5.41, 5.74) is 1.07. The van der Waals surface area contributed by atoms with Crippen molar-refractivity contribution in [2.45, 2.75) is 30.8 Å². The molecule has 7 heteroatoms. The highest BCUT2D eigenvalue weighted by Gasteiger charge is 2.20. The van der Waals surface area contributed by atoms with Gasteiger partial charge in [0, 0.05) is 19.6 Å². The summed E-state index contributed by atoms with van der Waals surface area (Å²) in [5.74, 6) is 1.39. The van der Waals surface area contributed by atoms with Crippen molar-refractivity contribution in [2.24, 2.45) is 4.99 Å². The van der Waals surface area contributed by atoms with Crippen molar-refractivity contribution in [1.29, 1.82) is 0 Å². The van der Waals surface area contributed by atoms with Crippen LogP contribution >= 0.6 is 0 Å². The third kappa shape index (κ3) is 6.29. The van der Waals surface area contributed by atoms with Crippen molar-refractivity contribution in [3.63, 3.8) is 0 Å². The van der Waals surface area contributed by atoms with Crippen molar-refractivity contribution in [1.82, 2.24) is 10.6 Å². The van der Waals surface area contributed by atoms with E-state index in [0.717, 1.165) is 11.3 Å². The number of nitrogens with one attached hydrogen (secondary N) is 2. The van der Waals surface area contributed by atoms with E-state index in [0.29, 0.717) is 23.8 Å². The first-order valence-electron chi connectivity index (χ1n) is 8.86. The SMILES string of the molecule is CCC(CS(=O)(=O)c1ccccc1)NC(=NC)NCc1ccc(OC)cc1. The largest absolute Gasteiger partial charge is 0.497 e. The summed E-state index contributed by atoms with van der Waals surface area (Å²) < 4.78 is 30.4. The summed E-state index contributed by atoms with van der Waals surface area (Å²) in [6.45, 7) is 2.53. The number of rotatable bonds is 8. The van der Waals surface area contributed by atoms with Gasteiger partial charge in [-0.3, -0.25) is 4.99 Å². The first-order valence-corrected chi connectivity index (χ1v) is 10.5. The fourth-order valence-electron chi connectivity index (χ4n) is 2.57. The average molecular weight is 390 g/mol. The van der Waals surface area contributed by atoms with Crippen LogP contribution in [0.25, 0.3) is 0 Å². The maximum absolute atomic E-state index is 12.6. The summed E-state index contributed by atoms with van der Waals surface area (Å²) >= 11 is 0. The number of aliphatic imine (C=N–C) groups is 1. The number of hydrogen-bond donors (Lipinski definition) is 2. The van der Waals surface area contributed by atoms with Crippen molar-refractivity contribution in [2.75, 3.05) is 19.9 Å². The van der Waals surface area contributed by atoms with E-state index in [4.69, 9.17) is 4.74 Å². The molecule has 0 amide bonds. The molecule has 1 unspecified atom stereocenters. The lowest BCUT2D eigenvalue weighted by atomic mass is 10.2.